The van der Waals surface area contributed by atoms with Crippen LogP contribution in [0.2, 0.25) is 0 Å². The van der Waals surface area contributed by atoms with Gasteiger partial charge in [-0.25, -0.2) is 0 Å². The molecule has 25 heavy (non-hydrogen) atoms. The van der Waals surface area contributed by atoms with Gasteiger partial charge in [0, 0.05) is 35.1 Å². The van der Waals surface area contributed by atoms with Crippen LogP contribution in [0.1, 0.15) is 63.1 Å². The van der Waals surface area contributed by atoms with Crippen molar-refractivity contribution in [3.8, 4) is 5.75 Å². The molecule has 3 heterocycles. The fourth-order valence-electron chi connectivity index (χ4n) is 4.77. The lowest BCUT2D eigenvalue weighted by molar-refractivity contribution is 0.160. The number of ether oxygens (including phenoxy) is 1. The van der Waals surface area contributed by atoms with Crippen LogP contribution in [0.25, 0.3) is 10.9 Å². The van der Waals surface area contributed by atoms with Crippen molar-refractivity contribution < 1.29 is 4.74 Å². The van der Waals surface area contributed by atoms with E-state index in [1.807, 2.05) is 0 Å². The van der Waals surface area contributed by atoms with Gasteiger partial charge < -0.3 is 9.64 Å². The van der Waals surface area contributed by atoms with Crippen LogP contribution < -0.4 is 4.74 Å². The van der Waals surface area contributed by atoms with E-state index in [1.165, 1.54) is 42.3 Å². The standard InChI is InChI=1S/C22H30N2O/c1-4-10-25-19-13-15(5-2)20-8-9-21(23-22(20)14-19)16-11-17-6-7-18(12-16)24(17)3/h8-9,13-14,16-18H,4-7,10-12H2,1-3H3. The average Bonchev–Trinajstić information content (AvgIpc) is 2.85. The predicted octanol–water partition coefficient (Wildman–Crippen LogP) is 4.93. The minimum absolute atomic E-state index is 0.614. The van der Waals surface area contributed by atoms with Crippen molar-refractivity contribution >= 4 is 10.9 Å². The first-order valence-electron chi connectivity index (χ1n) is 9.97. The van der Waals surface area contributed by atoms with Crippen LogP contribution in [0.15, 0.2) is 24.3 Å². The van der Waals surface area contributed by atoms with Gasteiger partial charge >= 0.3 is 0 Å². The molecule has 2 aliphatic rings. The van der Waals surface area contributed by atoms with Gasteiger partial charge in [-0.1, -0.05) is 19.9 Å². The normalized spacial score (nSPS) is 26.3. The monoisotopic (exact) mass is 338 g/mol. The highest BCUT2D eigenvalue weighted by Crippen LogP contribution is 2.42. The van der Waals surface area contributed by atoms with E-state index in [0.717, 1.165) is 42.8 Å². The molecule has 4 rings (SSSR count). The average molecular weight is 338 g/mol. The van der Waals surface area contributed by atoms with Crippen LogP contribution in [-0.4, -0.2) is 35.6 Å². The molecule has 2 bridgehead atoms. The van der Waals surface area contributed by atoms with Gasteiger partial charge in [-0.05, 0) is 63.3 Å². The number of rotatable bonds is 5. The molecule has 3 heteroatoms. The lowest BCUT2D eigenvalue weighted by Crippen LogP contribution is -2.39. The molecule has 2 atom stereocenters. The lowest BCUT2D eigenvalue weighted by Gasteiger charge is -2.36. The second-order valence-corrected chi connectivity index (χ2v) is 7.81. The molecule has 2 aliphatic heterocycles. The maximum absolute atomic E-state index is 5.90. The van der Waals surface area contributed by atoms with Crippen LogP contribution in [-0.2, 0) is 6.42 Å². The zero-order valence-electron chi connectivity index (χ0n) is 15.8. The maximum Gasteiger partial charge on any atom is 0.121 e. The SMILES string of the molecule is CCCOc1cc(CC)c2ccc(C3CC4CCC(C3)N4C)nc2c1. The van der Waals surface area contributed by atoms with Crippen molar-refractivity contribution in [3.63, 3.8) is 0 Å². The summed E-state index contributed by atoms with van der Waals surface area (Å²) in [5.74, 6) is 1.59. The highest BCUT2D eigenvalue weighted by atomic mass is 16.5. The molecule has 0 spiro atoms. The summed E-state index contributed by atoms with van der Waals surface area (Å²) in [6.07, 6.45) is 7.29. The van der Waals surface area contributed by atoms with Crippen molar-refractivity contribution in [1.82, 2.24) is 9.88 Å². The Bertz CT molecular complexity index is 743. The van der Waals surface area contributed by atoms with Crippen LogP contribution in [0.5, 0.6) is 5.75 Å². The van der Waals surface area contributed by atoms with E-state index in [-0.39, 0.29) is 0 Å². The minimum Gasteiger partial charge on any atom is -0.494 e. The first-order valence-corrected chi connectivity index (χ1v) is 9.97. The summed E-state index contributed by atoms with van der Waals surface area (Å²) in [4.78, 5) is 7.70. The second-order valence-electron chi connectivity index (χ2n) is 7.81. The lowest BCUT2D eigenvalue weighted by atomic mass is 9.88. The smallest absolute Gasteiger partial charge is 0.121 e. The van der Waals surface area contributed by atoms with Crippen molar-refractivity contribution in [3.05, 3.63) is 35.5 Å². The Morgan fingerprint density at radius 3 is 2.56 bits per heavy atom. The summed E-state index contributed by atoms with van der Waals surface area (Å²) < 4.78 is 5.90. The molecule has 0 aliphatic carbocycles. The number of aromatic nitrogens is 1. The van der Waals surface area contributed by atoms with Crippen LogP contribution >= 0.6 is 0 Å². The van der Waals surface area contributed by atoms with Gasteiger partial charge in [0.25, 0.3) is 0 Å². The van der Waals surface area contributed by atoms with E-state index in [0.29, 0.717) is 5.92 Å². The van der Waals surface area contributed by atoms with Crippen molar-refractivity contribution in [2.75, 3.05) is 13.7 Å². The van der Waals surface area contributed by atoms with Gasteiger partial charge in [0.2, 0.25) is 0 Å². The maximum atomic E-state index is 5.90. The highest BCUT2D eigenvalue weighted by Gasteiger charge is 2.39. The Kier molecular flexibility index (Phi) is 4.68. The predicted molar refractivity (Wildman–Crippen MR) is 103 cm³/mol. The molecule has 134 valence electrons. The second kappa shape index (κ2) is 6.95. The summed E-state index contributed by atoms with van der Waals surface area (Å²) in [6.45, 7) is 5.13. The molecule has 1 aromatic carbocycles. The molecule has 2 aromatic rings. The van der Waals surface area contributed by atoms with Crippen LogP contribution in [0, 0.1) is 0 Å². The summed E-state index contributed by atoms with van der Waals surface area (Å²) in [5.41, 5.74) is 3.73. The first-order chi connectivity index (χ1) is 12.2. The summed E-state index contributed by atoms with van der Waals surface area (Å²) >= 11 is 0. The third-order valence-corrected chi connectivity index (χ3v) is 6.26. The van der Waals surface area contributed by atoms with E-state index < -0.39 is 0 Å². The Balaban J connectivity index is 1.67. The Labute approximate surface area is 151 Å². The topological polar surface area (TPSA) is 25.4 Å². The minimum atomic E-state index is 0.614. The largest absolute Gasteiger partial charge is 0.494 e. The number of piperidine rings is 1. The number of nitrogens with zero attached hydrogens (tertiary/aromatic N) is 2. The molecule has 2 saturated heterocycles. The van der Waals surface area contributed by atoms with E-state index in [2.05, 4.69) is 50.1 Å². The number of hydrogen-bond acceptors (Lipinski definition) is 3. The van der Waals surface area contributed by atoms with Crippen molar-refractivity contribution in [2.24, 2.45) is 0 Å². The summed E-state index contributed by atoms with van der Waals surface area (Å²) in [6, 6.07) is 10.4. The van der Waals surface area contributed by atoms with E-state index >= 15 is 0 Å². The van der Waals surface area contributed by atoms with Crippen molar-refractivity contribution in [1.29, 1.82) is 0 Å². The fourth-order valence-corrected chi connectivity index (χ4v) is 4.77. The Morgan fingerprint density at radius 1 is 1.12 bits per heavy atom. The summed E-state index contributed by atoms with van der Waals surface area (Å²) in [5, 5.41) is 1.28. The van der Waals surface area contributed by atoms with Gasteiger partial charge in [0.1, 0.15) is 5.75 Å². The molecule has 0 saturated carbocycles. The summed E-state index contributed by atoms with van der Waals surface area (Å²) in [7, 11) is 2.30. The molecule has 2 fully saturated rings. The number of hydrogen-bond donors (Lipinski definition) is 0. The Morgan fingerprint density at radius 2 is 1.88 bits per heavy atom. The van der Waals surface area contributed by atoms with E-state index in [9.17, 15) is 0 Å². The molecule has 0 amide bonds. The molecular formula is C22H30N2O. The molecule has 3 nitrogen and oxygen atoms in total. The molecule has 0 N–H and O–H groups in total. The van der Waals surface area contributed by atoms with Gasteiger partial charge in [-0.2, -0.15) is 0 Å². The van der Waals surface area contributed by atoms with Gasteiger partial charge in [-0.3, -0.25) is 4.98 Å². The zero-order valence-corrected chi connectivity index (χ0v) is 15.8. The zero-order chi connectivity index (χ0) is 17.4. The molecule has 0 radical (unpaired) electrons. The van der Waals surface area contributed by atoms with Crippen molar-refractivity contribution in [2.45, 2.75) is 70.4 Å². The van der Waals surface area contributed by atoms with Gasteiger partial charge in [0.15, 0.2) is 0 Å². The molecular weight excluding hydrogens is 308 g/mol. The fraction of sp³-hybridized carbons (Fsp3) is 0.591. The van der Waals surface area contributed by atoms with Gasteiger partial charge in [0.05, 0.1) is 12.1 Å². The first kappa shape index (κ1) is 16.8. The number of fused-ring (bicyclic) bond motifs is 3. The Hall–Kier alpha value is -1.61. The molecule has 2 unspecified atom stereocenters. The van der Waals surface area contributed by atoms with E-state index in [1.54, 1.807) is 0 Å². The highest BCUT2D eigenvalue weighted by molar-refractivity contribution is 5.84. The number of pyridine rings is 1. The quantitative estimate of drug-likeness (QED) is 0.773. The van der Waals surface area contributed by atoms with E-state index in [4.69, 9.17) is 9.72 Å². The van der Waals surface area contributed by atoms with Crippen LogP contribution in [0.3, 0.4) is 0 Å². The third-order valence-electron chi connectivity index (χ3n) is 6.26. The molecule has 1 aromatic heterocycles. The van der Waals surface area contributed by atoms with Crippen LogP contribution in [0.4, 0.5) is 0 Å². The third kappa shape index (κ3) is 3.15. The number of aryl methyl sites for hydroxylation is 1. The van der Waals surface area contributed by atoms with Gasteiger partial charge in [-0.15, -0.1) is 0 Å². The number of benzene rings is 1.